The third kappa shape index (κ3) is 6.68. The van der Waals surface area contributed by atoms with E-state index in [0.29, 0.717) is 6.61 Å². The highest BCUT2D eigenvalue weighted by Crippen LogP contribution is 2.35. The Kier molecular flexibility index (Phi) is 8.73. The zero-order valence-corrected chi connectivity index (χ0v) is 15.1. The number of benzene rings is 1. The Morgan fingerprint density at radius 2 is 2.05 bits per heavy atom. The molecule has 1 rings (SSSR count). The molecule has 0 spiro atoms. The first-order chi connectivity index (χ1) is 10.1. The van der Waals surface area contributed by atoms with Gasteiger partial charge in [-0.3, -0.25) is 0 Å². The van der Waals surface area contributed by atoms with Crippen molar-refractivity contribution in [3.63, 3.8) is 0 Å². The number of hydrogen-bond donors (Lipinski definition) is 1. The van der Waals surface area contributed by atoms with Gasteiger partial charge in [0.1, 0.15) is 0 Å². The molecule has 0 aliphatic carbocycles. The first-order valence-corrected chi connectivity index (χ1v) is 8.22. The second-order valence-corrected chi connectivity index (χ2v) is 6.19. The predicted octanol–water partition coefficient (Wildman–Crippen LogP) is 3.29. The molecule has 1 aromatic carbocycles. The molecule has 0 saturated heterocycles. The van der Waals surface area contributed by atoms with E-state index in [1.165, 1.54) is 0 Å². The van der Waals surface area contributed by atoms with E-state index in [9.17, 15) is 0 Å². The first kappa shape index (κ1) is 18.3. The minimum atomic E-state index is 0.700. The molecule has 0 bridgehead atoms. The monoisotopic (exact) mass is 358 g/mol. The fourth-order valence-corrected chi connectivity index (χ4v) is 2.50. The smallest absolute Gasteiger partial charge is 0.165 e. The van der Waals surface area contributed by atoms with Crippen molar-refractivity contribution in [3.8, 4) is 11.5 Å². The molecule has 0 amide bonds. The second-order valence-electron chi connectivity index (χ2n) is 5.28. The van der Waals surface area contributed by atoms with Gasteiger partial charge in [0.2, 0.25) is 0 Å². The first-order valence-electron chi connectivity index (χ1n) is 7.43. The SMILES string of the molecule is CCCOc1c(CNCCCN(C)C)cc(Br)cc1OC. The zero-order valence-electron chi connectivity index (χ0n) is 13.5. The van der Waals surface area contributed by atoms with Gasteiger partial charge in [-0.1, -0.05) is 22.9 Å². The molecule has 120 valence electrons. The molecule has 0 heterocycles. The molecule has 0 radical (unpaired) electrons. The Morgan fingerprint density at radius 1 is 1.29 bits per heavy atom. The molecule has 21 heavy (non-hydrogen) atoms. The minimum Gasteiger partial charge on any atom is -0.493 e. The van der Waals surface area contributed by atoms with Gasteiger partial charge in [-0.25, -0.2) is 0 Å². The highest BCUT2D eigenvalue weighted by Gasteiger charge is 2.12. The molecule has 0 aliphatic rings. The molecule has 0 fully saturated rings. The van der Waals surface area contributed by atoms with Gasteiger partial charge in [0, 0.05) is 16.6 Å². The van der Waals surface area contributed by atoms with Crippen LogP contribution < -0.4 is 14.8 Å². The van der Waals surface area contributed by atoms with Crippen LogP contribution in [0.1, 0.15) is 25.3 Å². The molecule has 0 saturated carbocycles. The van der Waals surface area contributed by atoms with E-state index in [1.54, 1.807) is 7.11 Å². The molecule has 0 aromatic heterocycles. The number of ether oxygens (including phenoxy) is 2. The summed E-state index contributed by atoms with van der Waals surface area (Å²) in [6, 6.07) is 4.03. The zero-order chi connectivity index (χ0) is 15.7. The van der Waals surface area contributed by atoms with Gasteiger partial charge in [-0.15, -0.1) is 0 Å². The number of nitrogens with one attached hydrogen (secondary N) is 1. The van der Waals surface area contributed by atoms with Crippen LogP contribution in [0.4, 0.5) is 0 Å². The summed E-state index contributed by atoms with van der Waals surface area (Å²) >= 11 is 3.53. The maximum Gasteiger partial charge on any atom is 0.165 e. The number of nitrogens with zero attached hydrogens (tertiary/aromatic N) is 1. The van der Waals surface area contributed by atoms with Crippen molar-refractivity contribution in [1.82, 2.24) is 10.2 Å². The van der Waals surface area contributed by atoms with Gasteiger partial charge in [0.15, 0.2) is 11.5 Å². The summed E-state index contributed by atoms with van der Waals surface area (Å²) in [6.45, 7) is 5.66. The summed E-state index contributed by atoms with van der Waals surface area (Å²) in [7, 11) is 5.86. The van der Waals surface area contributed by atoms with E-state index in [4.69, 9.17) is 9.47 Å². The molecule has 0 aliphatic heterocycles. The van der Waals surface area contributed by atoms with Gasteiger partial charge >= 0.3 is 0 Å². The van der Waals surface area contributed by atoms with E-state index in [-0.39, 0.29) is 0 Å². The lowest BCUT2D eigenvalue weighted by atomic mass is 10.1. The lowest BCUT2D eigenvalue weighted by molar-refractivity contribution is 0.290. The normalized spacial score (nSPS) is 11.0. The quantitative estimate of drug-likeness (QED) is 0.650. The summed E-state index contributed by atoms with van der Waals surface area (Å²) in [6.07, 6.45) is 2.11. The van der Waals surface area contributed by atoms with Crippen LogP contribution in [0.5, 0.6) is 11.5 Å². The van der Waals surface area contributed by atoms with E-state index in [0.717, 1.165) is 54.0 Å². The molecular weight excluding hydrogens is 332 g/mol. The summed E-state index contributed by atoms with van der Waals surface area (Å²) in [5.74, 6) is 1.63. The van der Waals surface area contributed by atoms with Gasteiger partial charge in [-0.05, 0) is 52.2 Å². The van der Waals surface area contributed by atoms with Gasteiger partial charge < -0.3 is 19.7 Å². The number of halogens is 1. The van der Waals surface area contributed by atoms with Crippen LogP contribution in [0.25, 0.3) is 0 Å². The Balaban J connectivity index is 2.67. The highest BCUT2D eigenvalue weighted by atomic mass is 79.9. The fourth-order valence-electron chi connectivity index (χ4n) is 2.02. The molecule has 0 atom stereocenters. The van der Waals surface area contributed by atoms with Gasteiger partial charge in [0.05, 0.1) is 13.7 Å². The number of methoxy groups -OCH3 is 1. The van der Waals surface area contributed by atoms with Crippen LogP contribution in [0, 0.1) is 0 Å². The van der Waals surface area contributed by atoms with Crippen LogP contribution in [-0.2, 0) is 6.54 Å². The van der Waals surface area contributed by atoms with Crippen molar-refractivity contribution < 1.29 is 9.47 Å². The summed E-state index contributed by atoms with van der Waals surface area (Å²) in [5.41, 5.74) is 1.12. The van der Waals surface area contributed by atoms with E-state index in [2.05, 4.69) is 53.2 Å². The Morgan fingerprint density at radius 3 is 2.67 bits per heavy atom. The Labute approximate surface area is 136 Å². The topological polar surface area (TPSA) is 33.7 Å². The van der Waals surface area contributed by atoms with Crippen molar-refractivity contribution in [2.45, 2.75) is 26.3 Å². The van der Waals surface area contributed by atoms with Crippen molar-refractivity contribution in [3.05, 3.63) is 22.2 Å². The molecule has 4 nitrogen and oxygen atoms in total. The Bertz CT molecular complexity index is 425. The van der Waals surface area contributed by atoms with Crippen LogP contribution in [0.2, 0.25) is 0 Å². The third-order valence-corrected chi connectivity index (χ3v) is 3.50. The van der Waals surface area contributed by atoms with Crippen molar-refractivity contribution in [2.24, 2.45) is 0 Å². The molecule has 0 unspecified atom stereocenters. The number of rotatable bonds is 10. The maximum atomic E-state index is 5.86. The molecule has 1 N–H and O–H groups in total. The lowest BCUT2D eigenvalue weighted by Crippen LogP contribution is -2.21. The second kappa shape index (κ2) is 10.0. The lowest BCUT2D eigenvalue weighted by Gasteiger charge is -2.16. The summed E-state index contributed by atoms with van der Waals surface area (Å²) < 4.78 is 12.3. The van der Waals surface area contributed by atoms with E-state index >= 15 is 0 Å². The Hall–Kier alpha value is -0.780. The van der Waals surface area contributed by atoms with Gasteiger partial charge in [-0.2, -0.15) is 0 Å². The average molecular weight is 359 g/mol. The van der Waals surface area contributed by atoms with Gasteiger partial charge in [0.25, 0.3) is 0 Å². The summed E-state index contributed by atoms with van der Waals surface area (Å²) in [5, 5.41) is 3.47. The van der Waals surface area contributed by atoms with Crippen LogP contribution in [0.3, 0.4) is 0 Å². The fraction of sp³-hybridized carbons (Fsp3) is 0.625. The maximum absolute atomic E-state index is 5.86. The van der Waals surface area contributed by atoms with Crippen molar-refractivity contribution in [1.29, 1.82) is 0 Å². The van der Waals surface area contributed by atoms with Crippen LogP contribution in [-0.4, -0.2) is 45.8 Å². The van der Waals surface area contributed by atoms with E-state index < -0.39 is 0 Å². The largest absolute Gasteiger partial charge is 0.493 e. The minimum absolute atomic E-state index is 0.700. The van der Waals surface area contributed by atoms with Crippen molar-refractivity contribution in [2.75, 3.05) is 40.9 Å². The standard InChI is InChI=1S/C16H27BrN2O2/c1-5-9-21-16-13(10-14(17)11-15(16)20-4)12-18-7-6-8-19(2)3/h10-11,18H,5-9,12H2,1-4H3. The predicted molar refractivity (Wildman–Crippen MR) is 91.4 cm³/mol. The molecule has 5 heteroatoms. The molecular formula is C16H27BrN2O2. The number of hydrogen-bond acceptors (Lipinski definition) is 4. The van der Waals surface area contributed by atoms with Crippen LogP contribution >= 0.6 is 15.9 Å². The summed E-state index contributed by atoms with van der Waals surface area (Å²) in [4.78, 5) is 2.19. The van der Waals surface area contributed by atoms with Crippen LogP contribution in [0.15, 0.2) is 16.6 Å². The third-order valence-electron chi connectivity index (χ3n) is 3.04. The molecule has 1 aromatic rings. The van der Waals surface area contributed by atoms with Crippen molar-refractivity contribution >= 4 is 15.9 Å². The average Bonchev–Trinajstić information content (AvgIpc) is 2.44. The highest BCUT2D eigenvalue weighted by molar-refractivity contribution is 9.10. The van der Waals surface area contributed by atoms with E-state index in [1.807, 2.05) is 6.07 Å².